The van der Waals surface area contributed by atoms with Gasteiger partial charge in [-0.15, -0.1) is 0 Å². The summed E-state index contributed by atoms with van der Waals surface area (Å²) in [5, 5.41) is 0. The van der Waals surface area contributed by atoms with Crippen molar-refractivity contribution in [2.24, 2.45) is 0 Å². The first-order valence-corrected chi connectivity index (χ1v) is 6.85. The summed E-state index contributed by atoms with van der Waals surface area (Å²) >= 11 is 3.37. The molecule has 0 saturated carbocycles. The molecule has 0 amide bonds. The van der Waals surface area contributed by atoms with Crippen LogP contribution in [0.15, 0.2) is 4.47 Å². The van der Waals surface area contributed by atoms with Gasteiger partial charge < -0.3 is 15.2 Å². The van der Waals surface area contributed by atoms with E-state index in [1.54, 1.807) is 7.11 Å². The third-order valence-corrected chi connectivity index (χ3v) is 3.31. The summed E-state index contributed by atoms with van der Waals surface area (Å²) in [4.78, 5) is 8.76. The molecule has 1 unspecified atom stereocenters. The molecule has 102 valence electrons. The van der Waals surface area contributed by atoms with Crippen molar-refractivity contribution < 1.29 is 9.47 Å². The van der Waals surface area contributed by atoms with Gasteiger partial charge in [-0.3, -0.25) is 0 Å². The number of nitrogen functional groups attached to an aromatic ring is 1. The molecule has 1 aromatic rings. The van der Waals surface area contributed by atoms with Crippen molar-refractivity contribution in [1.29, 1.82) is 0 Å². The van der Waals surface area contributed by atoms with Gasteiger partial charge in [-0.1, -0.05) is 13.3 Å². The van der Waals surface area contributed by atoms with E-state index in [2.05, 4.69) is 32.8 Å². The van der Waals surface area contributed by atoms with Gasteiger partial charge in [0.05, 0.1) is 16.8 Å². The highest BCUT2D eigenvalue weighted by molar-refractivity contribution is 9.10. The number of halogens is 1. The van der Waals surface area contributed by atoms with E-state index in [0.29, 0.717) is 29.3 Å². The Kier molecular flexibility index (Phi) is 6.52. The van der Waals surface area contributed by atoms with Crippen molar-refractivity contribution in [1.82, 2.24) is 9.97 Å². The molecule has 5 nitrogen and oxygen atoms in total. The summed E-state index contributed by atoms with van der Waals surface area (Å²) in [5.74, 6) is 1.05. The SMILES string of the molecule is CCCC(OCC)c1nc(N)c(Br)c(COC)n1. The zero-order valence-electron chi connectivity index (χ0n) is 11.1. The fourth-order valence-electron chi connectivity index (χ4n) is 1.66. The van der Waals surface area contributed by atoms with E-state index in [1.165, 1.54) is 0 Å². The predicted molar refractivity (Wildman–Crippen MR) is 74.1 cm³/mol. The van der Waals surface area contributed by atoms with Gasteiger partial charge in [-0.2, -0.15) is 0 Å². The second-order valence-electron chi connectivity index (χ2n) is 3.89. The Hall–Kier alpha value is -0.720. The molecule has 6 heteroatoms. The summed E-state index contributed by atoms with van der Waals surface area (Å²) in [7, 11) is 1.62. The van der Waals surface area contributed by atoms with Crippen LogP contribution in [0.25, 0.3) is 0 Å². The van der Waals surface area contributed by atoms with Crippen LogP contribution < -0.4 is 5.73 Å². The molecule has 1 heterocycles. The van der Waals surface area contributed by atoms with Crippen molar-refractivity contribution in [3.8, 4) is 0 Å². The van der Waals surface area contributed by atoms with Crippen LogP contribution in [0.2, 0.25) is 0 Å². The smallest absolute Gasteiger partial charge is 0.159 e. The lowest BCUT2D eigenvalue weighted by atomic mass is 10.2. The minimum Gasteiger partial charge on any atom is -0.383 e. The topological polar surface area (TPSA) is 70.3 Å². The van der Waals surface area contributed by atoms with Crippen LogP contribution in [0.3, 0.4) is 0 Å². The Morgan fingerprint density at radius 1 is 1.33 bits per heavy atom. The molecule has 0 bridgehead atoms. The first kappa shape index (κ1) is 15.3. The zero-order chi connectivity index (χ0) is 13.5. The minimum atomic E-state index is -0.106. The van der Waals surface area contributed by atoms with Crippen molar-refractivity contribution in [3.05, 3.63) is 16.0 Å². The fraction of sp³-hybridized carbons (Fsp3) is 0.667. The van der Waals surface area contributed by atoms with Gasteiger partial charge in [0.2, 0.25) is 0 Å². The lowest BCUT2D eigenvalue weighted by Gasteiger charge is -2.17. The quantitative estimate of drug-likeness (QED) is 0.837. The predicted octanol–water partition coefficient (Wildman–Crippen LogP) is 2.85. The third-order valence-electron chi connectivity index (χ3n) is 2.45. The average Bonchev–Trinajstić information content (AvgIpc) is 2.34. The molecule has 0 aliphatic carbocycles. The van der Waals surface area contributed by atoms with E-state index in [4.69, 9.17) is 15.2 Å². The molecule has 0 saturated heterocycles. The van der Waals surface area contributed by atoms with Gasteiger partial charge in [-0.05, 0) is 29.3 Å². The highest BCUT2D eigenvalue weighted by atomic mass is 79.9. The van der Waals surface area contributed by atoms with Crippen LogP contribution in [0.1, 0.15) is 44.3 Å². The van der Waals surface area contributed by atoms with Gasteiger partial charge in [-0.25, -0.2) is 9.97 Å². The number of aromatic nitrogens is 2. The maximum atomic E-state index is 5.87. The Bertz CT molecular complexity index is 382. The first-order valence-electron chi connectivity index (χ1n) is 6.06. The number of nitrogens with two attached hydrogens (primary N) is 1. The molecule has 0 spiro atoms. The summed E-state index contributed by atoms with van der Waals surface area (Å²) in [6.45, 7) is 5.08. The highest BCUT2D eigenvalue weighted by Crippen LogP contribution is 2.26. The van der Waals surface area contributed by atoms with E-state index < -0.39 is 0 Å². The lowest BCUT2D eigenvalue weighted by Crippen LogP contribution is -2.13. The van der Waals surface area contributed by atoms with Gasteiger partial charge in [0.15, 0.2) is 5.82 Å². The van der Waals surface area contributed by atoms with Crippen LogP contribution in [0.5, 0.6) is 0 Å². The number of nitrogens with zero attached hydrogens (tertiary/aromatic N) is 2. The molecule has 1 rings (SSSR count). The lowest BCUT2D eigenvalue weighted by molar-refractivity contribution is 0.0489. The zero-order valence-corrected chi connectivity index (χ0v) is 12.7. The summed E-state index contributed by atoms with van der Waals surface area (Å²) < 4.78 is 11.5. The number of hydrogen-bond donors (Lipinski definition) is 1. The molecule has 0 aromatic carbocycles. The number of methoxy groups -OCH3 is 1. The largest absolute Gasteiger partial charge is 0.383 e. The molecule has 18 heavy (non-hydrogen) atoms. The third kappa shape index (κ3) is 3.90. The second-order valence-corrected chi connectivity index (χ2v) is 4.69. The van der Waals surface area contributed by atoms with E-state index in [-0.39, 0.29) is 6.10 Å². The monoisotopic (exact) mass is 317 g/mol. The van der Waals surface area contributed by atoms with Gasteiger partial charge in [0.1, 0.15) is 11.9 Å². The fourth-order valence-corrected chi connectivity index (χ4v) is 1.95. The van der Waals surface area contributed by atoms with Crippen LogP contribution in [0, 0.1) is 0 Å². The highest BCUT2D eigenvalue weighted by Gasteiger charge is 2.18. The van der Waals surface area contributed by atoms with Crippen molar-refractivity contribution >= 4 is 21.7 Å². The van der Waals surface area contributed by atoms with Crippen molar-refractivity contribution in [2.75, 3.05) is 19.5 Å². The molecule has 1 aromatic heterocycles. The molecule has 0 aliphatic rings. The van der Waals surface area contributed by atoms with Crippen LogP contribution in [-0.2, 0) is 16.1 Å². The molecule has 0 radical (unpaired) electrons. The van der Waals surface area contributed by atoms with Crippen molar-refractivity contribution in [2.45, 2.75) is 39.4 Å². The second kappa shape index (κ2) is 7.66. The molecule has 2 N–H and O–H groups in total. The Morgan fingerprint density at radius 2 is 2.06 bits per heavy atom. The van der Waals surface area contributed by atoms with Gasteiger partial charge in [0.25, 0.3) is 0 Å². The van der Waals surface area contributed by atoms with Crippen molar-refractivity contribution in [3.63, 3.8) is 0 Å². The van der Waals surface area contributed by atoms with Gasteiger partial charge >= 0.3 is 0 Å². The Morgan fingerprint density at radius 3 is 2.61 bits per heavy atom. The maximum absolute atomic E-state index is 5.87. The summed E-state index contributed by atoms with van der Waals surface area (Å²) in [6.07, 6.45) is 1.77. The normalized spacial score (nSPS) is 12.7. The van der Waals surface area contributed by atoms with E-state index in [1.807, 2.05) is 6.92 Å². The van der Waals surface area contributed by atoms with E-state index in [9.17, 15) is 0 Å². The number of ether oxygens (including phenoxy) is 2. The van der Waals surface area contributed by atoms with E-state index >= 15 is 0 Å². The molecule has 1 atom stereocenters. The van der Waals surface area contributed by atoms with E-state index in [0.717, 1.165) is 18.5 Å². The number of rotatable bonds is 7. The first-order chi connectivity index (χ1) is 8.63. The average molecular weight is 318 g/mol. The molecule has 0 aliphatic heterocycles. The molecule has 0 fully saturated rings. The summed E-state index contributed by atoms with van der Waals surface area (Å²) in [5.41, 5.74) is 6.62. The maximum Gasteiger partial charge on any atom is 0.159 e. The Labute approximate surface area is 116 Å². The standard InChI is InChI=1S/C12H20BrN3O2/c1-4-6-9(18-5-2)12-15-8(7-17-3)10(13)11(14)16-12/h9H,4-7H2,1-3H3,(H2,14,15,16). The van der Waals surface area contributed by atoms with Crippen LogP contribution in [0.4, 0.5) is 5.82 Å². The number of anilines is 1. The van der Waals surface area contributed by atoms with Crippen LogP contribution in [-0.4, -0.2) is 23.7 Å². The minimum absolute atomic E-state index is 0.106. The Balaban J connectivity index is 3.06. The van der Waals surface area contributed by atoms with Gasteiger partial charge in [0, 0.05) is 13.7 Å². The number of hydrogen-bond acceptors (Lipinski definition) is 5. The molecular weight excluding hydrogens is 298 g/mol. The van der Waals surface area contributed by atoms with Crippen LogP contribution >= 0.6 is 15.9 Å². The molecular formula is C12H20BrN3O2. The summed E-state index contributed by atoms with van der Waals surface area (Å²) in [6, 6.07) is 0.